The summed E-state index contributed by atoms with van der Waals surface area (Å²) in [4.78, 5) is 25.4. The minimum atomic E-state index is -0.111. The third-order valence-corrected chi connectivity index (χ3v) is 5.94. The number of nitrogens with one attached hydrogen (secondary N) is 1. The van der Waals surface area contributed by atoms with Crippen LogP contribution in [0.25, 0.3) is 16.7 Å². The van der Waals surface area contributed by atoms with Crippen LogP contribution in [-0.4, -0.2) is 36.9 Å². The van der Waals surface area contributed by atoms with Gasteiger partial charge < -0.3 is 5.32 Å². The van der Waals surface area contributed by atoms with Crippen LogP contribution in [0, 0.1) is 0 Å². The maximum absolute atomic E-state index is 13.2. The van der Waals surface area contributed by atoms with Gasteiger partial charge in [0.15, 0.2) is 5.16 Å². The molecule has 0 saturated heterocycles. The number of hydrogen-bond acceptors (Lipinski definition) is 5. The Kier molecular flexibility index (Phi) is 5.85. The molecular formula is C22H23N5O2S. The van der Waals surface area contributed by atoms with Crippen molar-refractivity contribution < 1.29 is 4.79 Å². The summed E-state index contributed by atoms with van der Waals surface area (Å²) in [5, 5.41) is 12.7. The summed E-state index contributed by atoms with van der Waals surface area (Å²) in [6, 6.07) is 17.3. The fourth-order valence-electron chi connectivity index (χ4n) is 3.28. The predicted octanol–water partition coefficient (Wildman–Crippen LogP) is 3.10. The first-order chi connectivity index (χ1) is 14.6. The molecule has 0 spiro atoms. The van der Waals surface area contributed by atoms with Crippen LogP contribution in [-0.2, 0) is 11.3 Å². The minimum absolute atomic E-state index is 0.0481. The minimum Gasteiger partial charge on any atom is -0.353 e. The van der Waals surface area contributed by atoms with Crippen LogP contribution in [0.15, 0.2) is 64.5 Å². The number of benzene rings is 2. The second-order valence-electron chi connectivity index (χ2n) is 7.18. The van der Waals surface area contributed by atoms with Crippen molar-refractivity contribution in [1.29, 1.82) is 0 Å². The van der Waals surface area contributed by atoms with Gasteiger partial charge in [-0.3, -0.25) is 18.6 Å². The Bertz CT molecular complexity index is 1250. The third kappa shape index (κ3) is 3.95. The van der Waals surface area contributed by atoms with Crippen LogP contribution in [0.5, 0.6) is 0 Å². The van der Waals surface area contributed by atoms with E-state index in [1.807, 2.05) is 72.8 Å². The molecule has 0 bridgehead atoms. The van der Waals surface area contributed by atoms with Crippen LogP contribution in [0.1, 0.15) is 25.8 Å². The maximum atomic E-state index is 13.2. The second kappa shape index (κ2) is 8.71. The van der Waals surface area contributed by atoms with Gasteiger partial charge >= 0.3 is 0 Å². The van der Waals surface area contributed by atoms with Crippen LogP contribution in [0.3, 0.4) is 0 Å². The number of carbonyl (C=O) groups is 1. The van der Waals surface area contributed by atoms with Crippen molar-refractivity contribution in [2.24, 2.45) is 0 Å². The molecule has 2 aromatic heterocycles. The molecule has 0 aliphatic carbocycles. The molecule has 0 fully saturated rings. The lowest BCUT2D eigenvalue weighted by molar-refractivity contribution is -0.119. The molecule has 154 valence electrons. The number of fused-ring (bicyclic) bond motifs is 3. The summed E-state index contributed by atoms with van der Waals surface area (Å²) in [6.07, 6.45) is 0.876. The van der Waals surface area contributed by atoms with Crippen molar-refractivity contribution in [1.82, 2.24) is 24.5 Å². The molecule has 0 aliphatic heterocycles. The molecule has 0 unspecified atom stereocenters. The molecule has 8 heteroatoms. The predicted molar refractivity (Wildman–Crippen MR) is 119 cm³/mol. The topological polar surface area (TPSA) is 81.3 Å². The molecule has 7 nitrogen and oxygen atoms in total. The Balaban J connectivity index is 1.77. The summed E-state index contributed by atoms with van der Waals surface area (Å²) >= 11 is 1.31. The smallest absolute Gasteiger partial charge is 0.263 e. The lowest BCUT2D eigenvalue weighted by Crippen LogP contribution is -2.33. The van der Waals surface area contributed by atoms with Crippen LogP contribution in [0.4, 0.5) is 0 Å². The van der Waals surface area contributed by atoms with Gasteiger partial charge in [0.2, 0.25) is 11.7 Å². The van der Waals surface area contributed by atoms with Crippen LogP contribution < -0.4 is 10.9 Å². The fraction of sp³-hybridized carbons (Fsp3) is 0.273. The fourth-order valence-corrected chi connectivity index (χ4v) is 4.04. The summed E-state index contributed by atoms with van der Waals surface area (Å²) in [7, 11) is 0. The van der Waals surface area contributed by atoms with E-state index >= 15 is 0 Å². The van der Waals surface area contributed by atoms with Crippen LogP contribution >= 0.6 is 11.8 Å². The summed E-state index contributed by atoms with van der Waals surface area (Å²) in [5.74, 6) is 0.650. The van der Waals surface area contributed by atoms with E-state index in [-0.39, 0.29) is 23.3 Å². The van der Waals surface area contributed by atoms with Gasteiger partial charge in [-0.05, 0) is 31.0 Å². The molecule has 0 saturated carbocycles. The van der Waals surface area contributed by atoms with Crippen molar-refractivity contribution in [2.45, 2.75) is 38.0 Å². The van der Waals surface area contributed by atoms with Gasteiger partial charge in [-0.15, -0.1) is 10.2 Å². The summed E-state index contributed by atoms with van der Waals surface area (Å²) in [6.45, 7) is 4.40. The molecule has 1 atom stereocenters. The van der Waals surface area contributed by atoms with Gasteiger partial charge in [-0.25, -0.2) is 0 Å². The molecule has 1 N–H and O–H groups in total. The van der Waals surface area contributed by atoms with Gasteiger partial charge in [0.25, 0.3) is 5.56 Å². The highest BCUT2D eigenvalue weighted by Gasteiger charge is 2.18. The van der Waals surface area contributed by atoms with Crippen molar-refractivity contribution in [3.05, 3.63) is 70.5 Å². The average Bonchev–Trinajstić information content (AvgIpc) is 3.20. The van der Waals surface area contributed by atoms with Gasteiger partial charge in [-0.2, -0.15) is 0 Å². The standard InChI is InChI=1S/C22H23N5O2S/c1-3-15(2)23-19(28)14-30-22-25-24-21-26(13-16-9-5-4-6-10-16)20(29)17-11-7-8-12-18(17)27(21)22/h4-12,15H,3,13-14H2,1-2H3,(H,23,28)/t15-/m1/s1. The van der Waals surface area contributed by atoms with Gasteiger partial charge in [0.05, 0.1) is 23.2 Å². The Hall–Kier alpha value is -3.13. The number of carbonyl (C=O) groups excluding carboxylic acids is 1. The highest BCUT2D eigenvalue weighted by Crippen LogP contribution is 2.22. The number of amides is 1. The number of thioether (sulfide) groups is 1. The zero-order valence-electron chi connectivity index (χ0n) is 16.9. The van der Waals surface area contributed by atoms with Gasteiger partial charge in [-0.1, -0.05) is 61.2 Å². The Morgan fingerprint density at radius 2 is 1.83 bits per heavy atom. The Morgan fingerprint density at radius 3 is 2.60 bits per heavy atom. The molecule has 0 aliphatic rings. The summed E-state index contributed by atoms with van der Waals surface area (Å²) < 4.78 is 3.49. The first-order valence-electron chi connectivity index (χ1n) is 9.91. The second-order valence-corrected chi connectivity index (χ2v) is 8.12. The van der Waals surface area contributed by atoms with Crippen molar-refractivity contribution in [3.8, 4) is 0 Å². The lowest BCUT2D eigenvalue weighted by atomic mass is 10.2. The van der Waals surface area contributed by atoms with Crippen molar-refractivity contribution >= 4 is 34.3 Å². The molecule has 30 heavy (non-hydrogen) atoms. The van der Waals surface area contributed by atoms with E-state index in [1.54, 1.807) is 4.57 Å². The third-order valence-electron chi connectivity index (χ3n) is 5.01. The van der Waals surface area contributed by atoms with Crippen molar-refractivity contribution in [2.75, 3.05) is 5.75 Å². The summed E-state index contributed by atoms with van der Waals surface area (Å²) in [5.41, 5.74) is 1.62. The first kappa shape index (κ1) is 20.2. The average molecular weight is 422 g/mol. The molecule has 1 amide bonds. The number of para-hydroxylation sites is 1. The zero-order chi connectivity index (χ0) is 21.1. The van der Waals surface area contributed by atoms with Crippen LogP contribution in [0.2, 0.25) is 0 Å². The zero-order valence-corrected chi connectivity index (χ0v) is 17.7. The normalized spacial score (nSPS) is 12.3. The maximum Gasteiger partial charge on any atom is 0.263 e. The Labute approximate surface area is 178 Å². The largest absolute Gasteiger partial charge is 0.353 e. The SMILES string of the molecule is CC[C@@H](C)NC(=O)CSc1nnc2n(Cc3ccccc3)c(=O)c3ccccc3n12. The molecule has 4 rings (SSSR count). The van der Waals surface area contributed by atoms with Gasteiger partial charge in [0, 0.05) is 6.04 Å². The first-order valence-corrected chi connectivity index (χ1v) is 10.9. The highest BCUT2D eigenvalue weighted by molar-refractivity contribution is 7.99. The van der Waals surface area contributed by atoms with E-state index in [9.17, 15) is 9.59 Å². The Morgan fingerprint density at radius 1 is 1.10 bits per heavy atom. The number of hydrogen-bond donors (Lipinski definition) is 1. The molecular weight excluding hydrogens is 398 g/mol. The van der Waals surface area contributed by atoms with E-state index in [0.29, 0.717) is 22.9 Å². The molecule has 4 aromatic rings. The quantitative estimate of drug-likeness (QED) is 0.464. The van der Waals surface area contributed by atoms with Gasteiger partial charge in [0.1, 0.15) is 0 Å². The van der Waals surface area contributed by atoms with E-state index in [2.05, 4.69) is 15.5 Å². The monoisotopic (exact) mass is 421 g/mol. The van der Waals surface area contributed by atoms with E-state index in [0.717, 1.165) is 17.5 Å². The number of nitrogens with zero attached hydrogens (tertiary/aromatic N) is 4. The van der Waals surface area contributed by atoms with E-state index in [1.165, 1.54) is 11.8 Å². The number of rotatable bonds is 7. The number of aromatic nitrogens is 4. The van der Waals surface area contributed by atoms with E-state index in [4.69, 9.17) is 0 Å². The van der Waals surface area contributed by atoms with Crippen molar-refractivity contribution in [3.63, 3.8) is 0 Å². The highest BCUT2D eigenvalue weighted by atomic mass is 32.2. The molecule has 2 heterocycles. The van der Waals surface area contributed by atoms with E-state index < -0.39 is 0 Å². The molecule has 0 radical (unpaired) electrons. The molecule has 2 aromatic carbocycles. The lowest BCUT2D eigenvalue weighted by Gasteiger charge is -2.12.